The molecule has 2 heterocycles. The molecule has 9 nitrogen and oxygen atoms in total. The summed E-state index contributed by atoms with van der Waals surface area (Å²) in [5.41, 5.74) is 8.05. The quantitative estimate of drug-likeness (QED) is 0.117. The summed E-state index contributed by atoms with van der Waals surface area (Å²) in [6.45, 7) is 8.45. The Morgan fingerprint density at radius 2 is 1.38 bits per heavy atom. The Balaban J connectivity index is 1.66. The molecule has 2 rings (SSSR count). The average molecular weight is 591 g/mol. The van der Waals surface area contributed by atoms with Crippen LogP contribution in [0.15, 0.2) is 22.5 Å². The van der Waals surface area contributed by atoms with Crippen LogP contribution in [0, 0.1) is 0 Å². The highest BCUT2D eigenvalue weighted by Gasteiger charge is 2.43. The third-order valence-electron chi connectivity index (χ3n) is 8.71. The first-order chi connectivity index (χ1) is 20.2. The van der Waals surface area contributed by atoms with Gasteiger partial charge in [-0.25, -0.2) is 14.7 Å². The second-order valence-electron chi connectivity index (χ2n) is 11.9. The van der Waals surface area contributed by atoms with Gasteiger partial charge in [0.25, 0.3) is 0 Å². The largest absolute Gasteiger partial charge is 0.465 e. The van der Waals surface area contributed by atoms with Gasteiger partial charge in [-0.3, -0.25) is 4.79 Å². The number of unbranched alkanes of at least 4 members (excludes halogenated alkanes) is 15. The van der Waals surface area contributed by atoms with Crippen molar-refractivity contribution in [2.24, 2.45) is 5.73 Å². The minimum absolute atomic E-state index is 0.0861. The van der Waals surface area contributed by atoms with Gasteiger partial charge in [0, 0.05) is 31.3 Å². The highest BCUT2D eigenvalue weighted by molar-refractivity contribution is 5.96. The number of hydrogen-bond donors (Lipinski definition) is 2. The molecule has 0 aromatic carbocycles. The van der Waals surface area contributed by atoms with Crippen LogP contribution < -0.4 is 11.1 Å². The fourth-order valence-electron chi connectivity index (χ4n) is 6.02. The SMILES string of the molecule is CCCCCCCCCCCCCCCCCCNC(=O)ON1C(C)=C(C2CCN2C(C)=O)C(C(=O)OC)=C(N)C1C. The smallest absolute Gasteiger partial charge is 0.431 e. The lowest BCUT2D eigenvalue weighted by atomic mass is 9.83. The molecule has 9 heteroatoms. The number of hydrogen-bond acceptors (Lipinski definition) is 7. The summed E-state index contributed by atoms with van der Waals surface area (Å²) in [4.78, 5) is 44.8. The van der Waals surface area contributed by atoms with E-state index < -0.39 is 18.1 Å². The average Bonchev–Trinajstić information content (AvgIpc) is 2.94. The molecule has 1 fully saturated rings. The van der Waals surface area contributed by atoms with Crippen molar-refractivity contribution >= 4 is 18.0 Å². The zero-order valence-corrected chi connectivity index (χ0v) is 27.1. The Morgan fingerprint density at radius 1 is 0.881 bits per heavy atom. The number of carbonyl (C=O) groups is 3. The molecule has 2 aliphatic rings. The molecule has 3 N–H and O–H groups in total. The second kappa shape index (κ2) is 19.5. The van der Waals surface area contributed by atoms with Crippen molar-refractivity contribution in [1.82, 2.24) is 15.3 Å². The Hall–Kier alpha value is -2.71. The van der Waals surface area contributed by atoms with Gasteiger partial charge in [0.15, 0.2) is 0 Å². The van der Waals surface area contributed by atoms with Crippen molar-refractivity contribution in [2.75, 3.05) is 20.2 Å². The molecule has 2 aliphatic heterocycles. The summed E-state index contributed by atoms with van der Waals surface area (Å²) >= 11 is 0. The summed E-state index contributed by atoms with van der Waals surface area (Å²) in [5.74, 6) is -0.645. The van der Waals surface area contributed by atoms with E-state index >= 15 is 0 Å². The Kier molecular flexibility index (Phi) is 16.5. The van der Waals surface area contributed by atoms with Gasteiger partial charge in [0.05, 0.1) is 24.4 Å². The van der Waals surface area contributed by atoms with Crippen LogP contribution in [0.25, 0.3) is 0 Å². The summed E-state index contributed by atoms with van der Waals surface area (Å²) in [6, 6.07) is -0.878. The number of nitrogens with two attached hydrogens (primary N) is 1. The minimum atomic E-state index is -0.562. The van der Waals surface area contributed by atoms with Crippen molar-refractivity contribution in [1.29, 1.82) is 0 Å². The fourth-order valence-corrected chi connectivity index (χ4v) is 6.02. The monoisotopic (exact) mass is 590 g/mol. The number of likely N-dealkylation sites (tertiary alicyclic amines) is 1. The van der Waals surface area contributed by atoms with Gasteiger partial charge < -0.3 is 25.5 Å². The molecule has 240 valence electrons. The molecule has 1 saturated heterocycles. The first-order valence-corrected chi connectivity index (χ1v) is 16.6. The highest BCUT2D eigenvalue weighted by Crippen LogP contribution is 2.38. The van der Waals surface area contributed by atoms with E-state index in [9.17, 15) is 14.4 Å². The number of ether oxygens (including phenoxy) is 1. The number of hydroxylamine groups is 2. The molecule has 0 bridgehead atoms. The third kappa shape index (κ3) is 10.8. The van der Waals surface area contributed by atoms with Crippen LogP contribution in [0.3, 0.4) is 0 Å². The number of nitrogens with zero attached hydrogens (tertiary/aromatic N) is 2. The zero-order valence-electron chi connectivity index (χ0n) is 27.1. The number of nitrogens with one attached hydrogen (secondary N) is 1. The van der Waals surface area contributed by atoms with Crippen LogP contribution in [0.4, 0.5) is 4.79 Å². The van der Waals surface area contributed by atoms with Crippen LogP contribution in [0.5, 0.6) is 0 Å². The normalized spacial score (nSPS) is 18.7. The van der Waals surface area contributed by atoms with Crippen LogP contribution in [-0.4, -0.2) is 60.2 Å². The molecule has 0 aliphatic carbocycles. The molecule has 0 aromatic heterocycles. The highest BCUT2D eigenvalue weighted by atomic mass is 16.7. The first kappa shape index (κ1) is 35.5. The minimum Gasteiger partial charge on any atom is -0.465 e. The first-order valence-electron chi connectivity index (χ1n) is 16.6. The number of carbonyl (C=O) groups excluding carboxylic acids is 3. The standard InChI is InChI=1S/C33H58N4O5/c1-6-7-8-9-10-11-12-13-14-15-16-17-18-19-20-21-23-35-33(40)42-37-25(2)29(28-22-24-36(28)27(4)38)30(32(39)41-5)31(34)26(37)3/h26,28H,6-24,34H2,1-5H3,(H,35,40). The summed E-state index contributed by atoms with van der Waals surface area (Å²) in [6.07, 6.45) is 21.0. The number of methoxy groups -OCH3 is 1. The van der Waals surface area contributed by atoms with E-state index in [1.807, 2.05) is 0 Å². The van der Waals surface area contributed by atoms with Gasteiger partial charge in [-0.15, -0.1) is 0 Å². The van der Waals surface area contributed by atoms with Gasteiger partial charge >= 0.3 is 12.1 Å². The van der Waals surface area contributed by atoms with Crippen LogP contribution in [-0.2, 0) is 19.2 Å². The summed E-state index contributed by atoms with van der Waals surface area (Å²) < 4.78 is 5.01. The molecular weight excluding hydrogens is 532 g/mol. The molecule has 2 atom stereocenters. The molecular formula is C33H58N4O5. The molecule has 2 unspecified atom stereocenters. The molecule has 0 saturated carbocycles. The van der Waals surface area contributed by atoms with E-state index in [4.69, 9.17) is 15.3 Å². The van der Waals surface area contributed by atoms with E-state index in [2.05, 4.69) is 12.2 Å². The van der Waals surface area contributed by atoms with E-state index in [-0.39, 0.29) is 23.2 Å². The maximum Gasteiger partial charge on any atom is 0.431 e. The maximum absolute atomic E-state index is 12.7. The predicted molar refractivity (Wildman–Crippen MR) is 167 cm³/mol. The second-order valence-corrected chi connectivity index (χ2v) is 11.9. The van der Waals surface area contributed by atoms with Gasteiger partial charge in [-0.2, -0.15) is 0 Å². The maximum atomic E-state index is 12.7. The van der Waals surface area contributed by atoms with Crippen molar-refractivity contribution in [3.8, 4) is 0 Å². The molecule has 0 spiro atoms. The van der Waals surface area contributed by atoms with E-state index in [1.165, 1.54) is 109 Å². The number of amides is 2. The molecule has 0 radical (unpaired) electrons. The fraction of sp³-hybridized carbons (Fsp3) is 0.788. The van der Waals surface area contributed by atoms with Gasteiger partial charge in [-0.05, 0) is 26.7 Å². The summed E-state index contributed by atoms with van der Waals surface area (Å²) in [5, 5.41) is 4.28. The lowest BCUT2D eigenvalue weighted by Crippen LogP contribution is -2.55. The number of allylic oxidation sites excluding steroid dienone is 1. The van der Waals surface area contributed by atoms with Gasteiger partial charge in [-0.1, -0.05) is 103 Å². The van der Waals surface area contributed by atoms with E-state index in [1.54, 1.807) is 18.7 Å². The lowest BCUT2D eigenvalue weighted by Gasteiger charge is -2.46. The zero-order chi connectivity index (χ0) is 30.9. The molecule has 42 heavy (non-hydrogen) atoms. The number of esters is 1. The van der Waals surface area contributed by atoms with Crippen molar-refractivity contribution in [2.45, 2.75) is 149 Å². The van der Waals surface area contributed by atoms with Crippen molar-refractivity contribution in [3.05, 3.63) is 22.5 Å². The van der Waals surface area contributed by atoms with E-state index in [0.717, 1.165) is 12.8 Å². The topological polar surface area (TPSA) is 114 Å². The Morgan fingerprint density at radius 3 is 1.81 bits per heavy atom. The predicted octanol–water partition coefficient (Wildman–Crippen LogP) is 6.87. The molecule has 2 amide bonds. The number of rotatable bonds is 20. The Bertz CT molecular complexity index is 931. The van der Waals surface area contributed by atoms with E-state index in [0.29, 0.717) is 30.8 Å². The van der Waals surface area contributed by atoms with Crippen LogP contribution in [0.1, 0.15) is 137 Å². The van der Waals surface area contributed by atoms with Crippen molar-refractivity contribution < 1.29 is 24.0 Å². The third-order valence-corrected chi connectivity index (χ3v) is 8.71. The van der Waals surface area contributed by atoms with Crippen LogP contribution >= 0.6 is 0 Å². The van der Waals surface area contributed by atoms with Gasteiger partial charge in [0.2, 0.25) is 5.91 Å². The van der Waals surface area contributed by atoms with Crippen molar-refractivity contribution in [3.63, 3.8) is 0 Å². The summed E-state index contributed by atoms with van der Waals surface area (Å²) in [7, 11) is 1.30. The molecule has 0 aromatic rings. The lowest BCUT2D eigenvalue weighted by molar-refractivity contribution is -0.139. The Labute approximate surface area is 254 Å². The van der Waals surface area contributed by atoms with Crippen LogP contribution in [0.2, 0.25) is 0 Å². The van der Waals surface area contributed by atoms with Gasteiger partial charge in [0.1, 0.15) is 6.04 Å².